The number of para-hydroxylation sites is 1. The third-order valence-corrected chi connectivity index (χ3v) is 4.39. The number of carbonyl (C=O) groups excluding carboxylic acids is 2. The number of ether oxygens (including phenoxy) is 1. The van der Waals surface area contributed by atoms with Gasteiger partial charge in [0.25, 0.3) is 5.91 Å². The molecule has 1 unspecified atom stereocenters. The van der Waals surface area contributed by atoms with Crippen LogP contribution >= 0.6 is 11.6 Å². The fourth-order valence-corrected chi connectivity index (χ4v) is 2.63. The largest absolute Gasteiger partial charge is 0.492 e. The van der Waals surface area contributed by atoms with Crippen LogP contribution in [0.1, 0.15) is 24.2 Å². The van der Waals surface area contributed by atoms with Gasteiger partial charge in [0.2, 0.25) is 5.91 Å². The highest BCUT2D eigenvalue weighted by atomic mass is 35.5. The van der Waals surface area contributed by atoms with E-state index in [1.165, 1.54) is 0 Å². The van der Waals surface area contributed by atoms with E-state index in [1.807, 2.05) is 44.2 Å². The van der Waals surface area contributed by atoms with E-state index in [0.29, 0.717) is 23.7 Å². The molecule has 0 aliphatic rings. The molecule has 0 saturated heterocycles. The lowest BCUT2D eigenvalue weighted by atomic mass is 10.0. The van der Waals surface area contributed by atoms with Gasteiger partial charge in [-0.25, -0.2) is 0 Å². The summed E-state index contributed by atoms with van der Waals surface area (Å²) in [4.78, 5) is 26.8. The number of likely N-dealkylation sites (N-methyl/N-ethyl adjacent to an activating group) is 1. The predicted octanol–water partition coefficient (Wildman–Crippen LogP) is 3.63. The highest BCUT2D eigenvalue weighted by molar-refractivity contribution is 6.30. The van der Waals surface area contributed by atoms with Crippen LogP contribution in [0.15, 0.2) is 54.6 Å². The standard InChI is InChI=1S/C21H25ClN2O3/c1-15(2)19(23-20(25)16-9-11-17(22)12-10-16)21(26)24(3)13-14-27-18-7-5-4-6-8-18/h4-12,15,19H,13-14H2,1-3H3,(H,23,25). The minimum atomic E-state index is -0.616. The SMILES string of the molecule is CC(C)C(NC(=O)c1ccc(Cl)cc1)C(=O)N(C)CCOc1ccccc1. The Labute approximate surface area is 165 Å². The fraction of sp³-hybridized carbons (Fsp3) is 0.333. The lowest BCUT2D eigenvalue weighted by Gasteiger charge is -2.27. The van der Waals surface area contributed by atoms with Gasteiger partial charge in [0.15, 0.2) is 0 Å². The summed E-state index contributed by atoms with van der Waals surface area (Å²) in [6, 6.07) is 15.4. The average molecular weight is 389 g/mol. The molecule has 0 radical (unpaired) electrons. The van der Waals surface area contributed by atoms with Crippen molar-refractivity contribution in [1.82, 2.24) is 10.2 Å². The second kappa shape index (κ2) is 9.97. The zero-order valence-corrected chi connectivity index (χ0v) is 16.6. The summed E-state index contributed by atoms with van der Waals surface area (Å²) in [7, 11) is 1.71. The van der Waals surface area contributed by atoms with Crippen molar-refractivity contribution in [3.63, 3.8) is 0 Å². The molecular weight excluding hydrogens is 364 g/mol. The van der Waals surface area contributed by atoms with Crippen LogP contribution in [-0.2, 0) is 4.79 Å². The molecule has 1 atom stereocenters. The topological polar surface area (TPSA) is 58.6 Å². The van der Waals surface area contributed by atoms with Gasteiger partial charge in [0.1, 0.15) is 18.4 Å². The molecule has 6 heteroatoms. The summed E-state index contributed by atoms with van der Waals surface area (Å²) < 4.78 is 5.63. The minimum Gasteiger partial charge on any atom is -0.492 e. The maximum Gasteiger partial charge on any atom is 0.251 e. The van der Waals surface area contributed by atoms with Crippen LogP contribution in [0.5, 0.6) is 5.75 Å². The first kappa shape index (κ1) is 20.8. The molecule has 2 aromatic carbocycles. The van der Waals surface area contributed by atoms with Gasteiger partial charge in [-0.2, -0.15) is 0 Å². The van der Waals surface area contributed by atoms with Crippen molar-refractivity contribution in [2.24, 2.45) is 5.92 Å². The number of benzene rings is 2. The number of nitrogens with zero attached hydrogens (tertiary/aromatic N) is 1. The molecule has 0 fully saturated rings. The molecule has 2 aromatic rings. The molecule has 0 heterocycles. The van der Waals surface area contributed by atoms with Crippen molar-refractivity contribution < 1.29 is 14.3 Å². The first-order valence-electron chi connectivity index (χ1n) is 8.87. The molecule has 0 spiro atoms. The third-order valence-electron chi connectivity index (χ3n) is 4.14. The Morgan fingerprint density at radius 2 is 1.70 bits per heavy atom. The van der Waals surface area contributed by atoms with Crippen molar-refractivity contribution in [1.29, 1.82) is 0 Å². The van der Waals surface area contributed by atoms with Gasteiger partial charge in [-0.05, 0) is 42.3 Å². The van der Waals surface area contributed by atoms with E-state index in [-0.39, 0.29) is 17.7 Å². The van der Waals surface area contributed by atoms with Crippen LogP contribution in [0.4, 0.5) is 0 Å². The van der Waals surface area contributed by atoms with Crippen LogP contribution < -0.4 is 10.1 Å². The molecule has 1 N–H and O–H groups in total. The number of hydrogen-bond acceptors (Lipinski definition) is 3. The van der Waals surface area contributed by atoms with Gasteiger partial charge < -0.3 is 15.0 Å². The lowest BCUT2D eigenvalue weighted by molar-refractivity contribution is -0.133. The molecule has 0 saturated carbocycles. The Morgan fingerprint density at radius 1 is 1.07 bits per heavy atom. The normalized spacial score (nSPS) is 11.7. The van der Waals surface area contributed by atoms with E-state index >= 15 is 0 Å². The Morgan fingerprint density at radius 3 is 2.30 bits per heavy atom. The summed E-state index contributed by atoms with van der Waals surface area (Å²) in [5.41, 5.74) is 0.466. The molecule has 0 bridgehead atoms. The van der Waals surface area contributed by atoms with Crippen molar-refractivity contribution in [3.05, 3.63) is 65.2 Å². The Bertz CT molecular complexity index is 748. The smallest absolute Gasteiger partial charge is 0.251 e. The van der Waals surface area contributed by atoms with Gasteiger partial charge in [-0.3, -0.25) is 9.59 Å². The zero-order chi connectivity index (χ0) is 19.8. The molecule has 27 heavy (non-hydrogen) atoms. The fourth-order valence-electron chi connectivity index (χ4n) is 2.50. The van der Waals surface area contributed by atoms with E-state index < -0.39 is 6.04 Å². The summed E-state index contributed by atoms with van der Waals surface area (Å²) in [5, 5.41) is 3.38. The molecule has 0 aliphatic heterocycles. The van der Waals surface area contributed by atoms with Gasteiger partial charge in [-0.1, -0.05) is 43.6 Å². The summed E-state index contributed by atoms with van der Waals surface area (Å²) in [6.45, 7) is 4.61. The van der Waals surface area contributed by atoms with Crippen molar-refractivity contribution in [3.8, 4) is 5.75 Å². The second-order valence-corrected chi connectivity index (χ2v) is 7.06. The number of hydrogen-bond donors (Lipinski definition) is 1. The molecule has 0 aromatic heterocycles. The zero-order valence-electron chi connectivity index (χ0n) is 15.8. The van der Waals surface area contributed by atoms with Crippen LogP contribution in [0.3, 0.4) is 0 Å². The van der Waals surface area contributed by atoms with Crippen LogP contribution in [-0.4, -0.2) is 43.0 Å². The van der Waals surface area contributed by atoms with Gasteiger partial charge in [-0.15, -0.1) is 0 Å². The first-order valence-corrected chi connectivity index (χ1v) is 9.25. The average Bonchev–Trinajstić information content (AvgIpc) is 2.66. The maximum atomic E-state index is 12.8. The molecular formula is C21H25ClN2O3. The first-order chi connectivity index (χ1) is 12.9. The van der Waals surface area contributed by atoms with Gasteiger partial charge in [0.05, 0.1) is 6.54 Å². The molecule has 2 amide bonds. The molecule has 5 nitrogen and oxygen atoms in total. The number of amides is 2. The molecule has 144 valence electrons. The molecule has 0 aliphatic carbocycles. The number of nitrogens with one attached hydrogen (secondary N) is 1. The van der Waals surface area contributed by atoms with Crippen molar-refractivity contribution in [2.45, 2.75) is 19.9 Å². The number of rotatable bonds is 8. The number of halogens is 1. The highest BCUT2D eigenvalue weighted by Gasteiger charge is 2.27. The summed E-state index contributed by atoms with van der Waals surface area (Å²) in [5.74, 6) is 0.262. The third kappa shape index (κ3) is 6.29. The minimum absolute atomic E-state index is 0.0498. The quantitative estimate of drug-likeness (QED) is 0.751. The van der Waals surface area contributed by atoms with Crippen molar-refractivity contribution in [2.75, 3.05) is 20.2 Å². The Balaban J connectivity index is 1.92. The van der Waals surface area contributed by atoms with Gasteiger partial charge >= 0.3 is 0 Å². The van der Waals surface area contributed by atoms with E-state index in [1.54, 1.807) is 36.2 Å². The highest BCUT2D eigenvalue weighted by Crippen LogP contribution is 2.12. The summed E-state index contributed by atoms with van der Waals surface area (Å²) in [6.07, 6.45) is 0. The predicted molar refractivity (Wildman–Crippen MR) is 107 cm³/mol. The lowest BCUT2D eigenvalue weighted by Crippen LogP contribution is -2.50. The monoisotopic (exact) mass is 388 g/mol. The Hall–Kier alpha value is -2.53. The van der Waals surface area contributed by atoms with Crippen LogP contribution in [0, 0.1) is 5.92 Å². The Kier molecular flexibility index (Phi) is 7.67. The molecule has 2 rings (SSSR count). The van der Waals surface area contributed by atoms with E-state index in [0.717, 1.165) is 5.75 Å². The van der Waals surface area contributed by atoms with E-state index in [9.17, 15) is 9.59 Å². The van der Waals surface area contributed by atoms with E-state index in [4.69, 9.17) is 16.3 Å². The van der Waals surface area contributed by atoms with Crippen LogP contribution in [0.2, 0.25) is 5.02 Å². The number of carbonyl (C=O) groups is 2. The van der Waals surface area contributed by atoms with E-state index in [2.05, 4.69) is 5.32 Å². The van der Waals surface area contributed by atoms with Gasteiger partial charge in [0, 0.05) is 17.6 Å². The maximum absolute atomic E-state index is 12.8. The second-order valence-electron chi connectivity index (χ2n) is 6.62. The van der Waals surface area contributed by atoms with Crippen LogP contribution in [0.25, 0.3) is 0 Å². The summed E-state index contributed by atoms with van der Waals surface area (Å²) >= 11 is 5.85. The van der Waals surface area contributed by atoms with Crippen molar-refractivity contribution >= 4 is 23.4 Å².